The molecule has 0 saturated carbocycles. The molecule has 0 atom stereocenters. The van der Waals surface area contributed by atoms with Gasteiger partial charge in [-0.3, -0.25) is 0 Å². The van der Waals surface area contributed by atoms with Crippen LogP contribution in [0.1, 0.15) is 12.5 Å². The van der Waals surface area contributed by atoms with Crippen molar-refractivity contribution in [2.45, 2.75) is 13.3 Å². The van der Waals surface area contributed by atoms with Crippen LogP contribution >= 0.6 is 34.8 Å². The summed E-state index contributed by atoms with van der Waals surface area (Å²) in [5.41, 5.74) is 3.22. The van der Waals surface area contributed by atoms with Gasteiger partial charge in [-0.1, -0.05) is 53.9 Å². The number of aryl methyl sites for hydroxylation is 1. The summed E-state index contributed by atoms with van der Waals surface area (Å²) in [5, 5.41) is 5.68. The summed E-state index contributed by atoms with van der Waals surface area (Å²) in [7, 11) is 0. The highest BCUT2D eigenvalue weighted by molar-refractivity contribution is 6.43. The van der Waals surface area contributed by atoms with Gasteiger partial charge < -0.3 is 0 Å². The van der Waals surface area contributed by atoms with Crippen LogP contribution in [0.15, 0.2) is 30.5 Å². The molecule has 20 heavy (non-hydrogen) atoms. The fourth-order valence-electron chi connectivity index (χ4n) is 2.06. The standard InChI is InChI=1S/C14H10Cl3N3/c1-2-8-7-18-20-12(16)6-11(19-14(8)20)9-4-3-5-10(15)13(9)17/h3-7H,2H2,1H3. The summed E-state index contributed by atoms with van der Waals surface area (Å²) >= 11 is 18.5. The van der Waals surface area contributed by atoms with Gasteiger partial charge in [-0.05, 0) is 12.5 Å². The van der Waals surface area contributed by atoms with Crippen molar-refractivity contribution in [3.8, 4) is 11.3 Å². The van der Waals surface area contributed by atoms with Gasteiger partial charge in [-0.15, -0.1) is 0 Å². The third-order valence-corrected chi connectivity index (χ3v) is 4.20. The summed E-state index contributed by atoms with van der Waals surface area (Å²) in [6.45, 7) is 2.05. The molecule has 0 radical (unpaired) electrons. The number of hydrogen-bond acceptors (Lipinski definition) is 2. The molecule has 0 fully saturated rings. The lowest BCUT2D eigenvalue weighted by Crippen LogP contribution is -1.96. The van der Waals surface area contributed by atoms with Crippen LogP contribution in [0.3, 0.4) is 0 Å². The van der Waals surface area contributed by atoms with E-state index >= 15 is 0 Å². The molecule has 2 aromatic heterocycles. The topological polar surface area (TPSA) is 30.2 Å². The third-order valence-electron chi connectivity index (χ3n) is 3.11. The van der Waals surface area contributed by atoms with E-state index in [1.54, 1.807) is 22.8 Å². The van der Waals surface area contributed by atoms with E-state index < -0.39 is 0 Å². The summed E-state index contributed by atoms with van der Waals surface area (Å²) in [6, 6.07) is 7.17. The van der Waals surface area contributed by atoms with Crippen molar-refractivity contribution in [2.75, 3.05) is 0 Å². The van der Waals surface area contributed by atoms with Gasteiger partial charge in [0.2, 0.25) is 0 Å². The van der Waals surface area contributed by atoms with Crippen molar-refractivity contribution in [1.82, 2.24) is 14.6 Å². The first-order valence-corrected chi connectivity index (χ1v) is 7.22. The molecule has 2 heterocycles. The Kier molecular flexibility index (Phi) is 3.59. The molecular formula is C14H10Cl3N3. The second-order valence-electron chi connectivity index (χ2n) is 4.32. The Morgan fingerprint density at radius 1 is 1.20 bits per heavy atom. The normalized spacial score (nSPS) is 11.2. The highest BCUT2D eigenvalue weighted by Gasteiger charge is 2.13. The molecule has 6 heteroatoms. The predicted molar refractivity (Wildman–Crippen MR) is 82.8 cm³/mol. The molecule has 1 aromatic carbocycles. The van der Waals surface area contributed by atoms with E-state index in [0.29, 0.717) is 20.9 Å². The fourth-order valence-corrected chi connectivity index (χ4v) is 2.69. The number of nitrogens with zero attached hydrogens (tertiary/aromatic N) is 3. The van der Waals surface area contributed by atoms with E-state index in [0.717, 1.165) is 23.2 Å². The minimum Gasteiger partial charge on any atom is -0.228 e. The van der Waals surface area contributed by atoms with Gasteiger partial charge in [-0.25, -0.2) is 9.50 Å². The molecule has 0 bridgehead atoms. The predicted octanol–water partition coefficient (Wildman–Crippen LogP) is 4.92. The monoisotopic (exact) mass is 325 g/mol. The van der Waals surface area contributed by atoms with Gasteiger partial charge in [-0.2, -0.15) is 5.10 Å². The van der Waals surface area contributed by atoms with Crippen LogP contribution in [0.4, 0.5) is 0 Å². The largest absolute Gasteiger partial charge is 0.228 e. The Hall–Kier alpha value is -1.29. The van der Waals surface area contributed by atoms with Crippen molar-refractivity contribution in [3.05, 3.63) is 51.2 Å². The molecular weight excluding hydrogens is 317 g/mol. The van der Waals surface area contributed by atoms with Crippen LogP contribution in [0, 0.1) is 0 Å². The Balaban J connectivity index is 2.29. The van der Waals surface area contributed by atoms with Crippen LogP contribution < -0.4 is 0 Å². The molecule has 3 nitrogen and oxygen atoms in total. The zero-order chi connectivity index (χ0) is 14.3. The first-order valence-electron chi connectivity index (χ1n) is 6.09. The molecule has 0 unspecified atom stereocenters. The summed E-state index contributed by atoms with van der Waals surface area (Å²) in [5.74, 6) is 0. The fraction of sp³-hybridized carbons (Fsp3) is 0.143. The van der Waals surface area contributed by atoms with E-state index in [2.05, 4.69) is 10.1 Å². The van der Waals surface area contributed by atoms with Gasteiger partial charge in [0.05, 0.1) is 21.9 Å². The number of fused-ring (bicyclic) bond motifs is 1. The number of benzene rings is 1. The number of rotatable bonds is 2. The summed E-state index contributed by atoms with van der Waals surface area (Å²) in [6.07, 6.45) is 2.61. The molecule has 0 N–H and O–H groups in total. The zero-order valence-electron chi connectivity index (χ0n) is 10.6. The SMILES string of the molecule is CCc1cnn2c(Cl)cc(-c3cccc(Cl)c3Cl)nc12. The molecule has 0 aliphatic carbocycles. The zero-order valence-corrected chi connectivity index (χ0v) is 12.8. The van der Waals surface area contributed by atoms with Crippen molar-refractivity contribution in [1.29, 1.82) is 0 Å². The second kappa shape index (κ2) is 5.24. The lowest BCUT2D eigenvalue weighted by Gasteiger charge is -2.07. The quantitative estimate of drug-likeness (QED) is 0.626. The maximum atomic E-state index is 6.26. The molecule has 0 saturated heterocycles. The van der Waals surface area contributed by atoms with E-state index in [-0.39, 0.29) is 0 Å². The van der Waals surface area contributed by atoms with Crippen molar-refractivity contribution in [2.24, 2.45) is 0 Å². The van der Waals surface area contributed by atoms with Crippen LogP contribution in [0.5, 0.6) is 0 Å². The van der Waals surface area contributed by atoms with Crippen LogP contribution in [0.2, 0.25) is 15.2 Å². The van der Waals surface area contributed by atoms with E-state index in [9.17, 15) is 0 Å². The van der Waals surface area contributed by atoms with Crippen molar-refractivity contribution < 1.29 is 0 Å². The molecule has 0 amide bonds. The first kappa shape index (κ1) is 13.7. The Morgan fingerprint density at radius 3 is 2.75 bits per heavy atom. The number of halogens is 3. The van der Waals surface area contributed by atoms with Crippen molar-refractivity contribution >= 4 is 40.4 Å². The Morgan fingerprint density at radius 2 is 2.00 bits per heavy atom. The minimum atomic E-state index is 0.472. The molecule has 0 aliphatic rings. The molecule has 0 spiro atoms. The lowest BCUT2D eigenvalue weighted by atomic mass is 10.1. The Bertz CT molecular complexity index is 796. The van der Waals surface area contributed by atoms with Gasteiger partial charge in [0.1, 0.15) is 5.15 Å². The molecule has 3 rings (SSSR count). The highest BCUT2D eigenvalue weighted by Crippen LogP contribution is 2.33. The van der Waals surface area contributed by atoms with E-state index in [4.69, 9.17) is 34.8 Å². The van der Waals surface area contributed by atoms with Gasteiger partial charge in [0.15, 0.2) is 5.65 Å². The summed E-state index contributed by atoms with van der Waals surface area (Å²) in [4.78, 5) is 4.61. The average Bonchev–Trinajstić information content (AvgIpc) is 2.85. The first-order chi connectivity index (χ1) is 9.61. The number of aromatic nitrogens is 3. The van der Waals surface area contributed by atoms with Crippen molar-refractivity contribution in [3.63, 3.8) is 0 Å². The molecule has 102 valence electrons. The highest BCUT2D eigenvalue weighted by atomic mass is 35.5. The maximum Gasteiger partial charge on any atom is 0.160 e. The second-order valence-corrected chi connectivity index (χ2v) is 5.50. The van der Waals surface area contributed by atoms with Crippen LogP contribution in [0.25, 0.3) is 16.9 Å². The average molecular weight is 327 g/mol. The summed E-state index contributed by atoms with van der Waals surface area (Å²) < 4.78 is 1.61. The van der Waals surface area contributed by atoms with Crippen LogP contribution in [-0.4, -0.2) is 14.6 Å². The van der Waals surface area contributed by atoms with Gasteiger partial charge >= 0.3 is 0 Å². The van der Waals surface area contributed by atoms with E-state index in [1.165, 1.54) is 0 Å². The van der Waals surface area contributed by atoms with Crippen LogP contribution in [-0.2, 0) is 6.42 Å². The van der Waals surface area contributed by atoms with Gasteiger partial charge in [0, 0.05) is 17.2 Å². The minimum absolute atomic E-state index is 0.472. The maximum absolute atomic E-state index is 6.26. The Labute approximate surface area is 131 Å². The number of hydrogen-bond donors (Lipinski definition) is 0. The van der Waals surface area contributed by atoms with Gasteiger partial charge in [0.25, 0.3) is 0 Å². The lowest BCUT2D eigenvalue weighted by molar-refractivity contribution is 0.941. The third kappa shape index (κ3) is 2.16. The smallest absolute Gasteiger partial charge is 0.160 e. The van der Waals surface area contributed by atoms with E-state index in [1.807, 2.05) is 19.1 Å². The molecule has 0 aliphatic heterocycles. The molecule has 3 aromatic rings.